The van der Waals surface area contributed by atoms with Crippen molar-refractivity contribution in [2.75, 3.05) is 31.7 Å². The molecule has 4 N–H and O–H groups in total. The number of anilines is 1. The van der Waals surface area contributed by atoms with E-state index in [2.05, 4.69) is 4.90 Å². The van der Waals surface area contributed by atoms with Gasteiger partial charge in [0, 0.05) is 31.3 Å². The van der Waals surface area contributed by atoms with Crippen molar-refractivity contribution < 1.29 is 9.84 Å². The number of nitrogens with zero attached hydrogens (tertiary/aromatic N) is 1. The lowest BCUT2D eigenvalue weighted by Gasteiger charge is -2.25. The van der Waals surface area contributed by atoms with E-state index in [4.69, 9.17) is 21.0 Å². The minimum absolute atomic E-state index is 0.0371. The zero-order valence-electron chi connectivity index (χ0n) is 10.9. The maximum absolute atomic E-state index is 8.92. The molecule has 0 saturated carbocycles. The lowest BCUT2D eigenvalue weighted by molar-refractivity contribution is 0.289. The molecule has 0 radical (unpaired) electrons. The first-order valence-electron chi connectivity index (χ1n) is 6.02. The van der Waals surface area contributed by atoms with Gasteiger partial charge in [-0.3, -0.25) is 5.41 Å². The summed E-state index contributed by atoms with van der Waals surface area (Å²) in [6, 6.07) is 5.45. The molecule has 1 aromatic rings. The maximum atomic E-state index is 8.92. The van der Waals surface area contributed by atoms with Crippen LogP contribution in [0.25, 0.3) is 0 Å². The molecule has 0 heterocycles. The molecule has 5 heteroatoms. The second-order valence-electron chi connectivity index (χ2n) is 3.95. The Bertz CT molecular complexity index is 407. The largest absolute Gasteiger partial charge is 0.497 e. The van der Waals surface area contributed by atoms with Gasteiger partial charge in [-0.1, -0.05) is 0 Å². The lowest BCUT2D eigenvalue weighted by atomic mass is 10.1. The van der Waals surface area contributed by atoms with E-state index in [1.165, 1.54) is 0 Å². The molecule has 0 bridgehead atoms. The second-order valence-corrected chi connectivity index (χ2v) is 3.95. The van der Waals surface area contributed by atoms with Crippen LogP contribution in [0.3, 0.4) is 0 Å². The topological polar surface area (TPSA) is 82.6 Å². The van der Waals surface area contributed by atoms with Crippen molar-refractivity contribution in [3.63, 3.8) is 0 Å². The van der Waals surface area contributed by atoms with Crippen LogP contribution in [0, 0.1) is 5.41 Å². The number of hydrogen-bond acceptors (Lipinski definition) is 4. The first kappa shape index (κ1) is 14.3. The molecule has 0 saturated heterocycles. The van der Waals surface area contributed by atoms with E-state index in [-0.39, 0.29) is 12.4 Å². The fourth-order valence-electron chi connectivity index (χ4n) is 1.84. The minimum atomic E-state index is 0.0371. The first-order chi connectivity index (χ1) is 8.63. The number of aliphatic hydroxyl groups is 1. The fourth-order valence-corrected chi connectivity index (χ4v) is 1.84. The molecule has 0 unspecified atom stereocenters. The number of aliphatic hydroxyl groups excluding tert-OH is 1. The van der Waals surface area contributed by atoms with Gasteiger partial charge in [-0.2, -0.15) is 0 Å². The number of ether oxygens (including phenoxy) is 1. The second kappa shape index (κ2) is 6.86. The highest BCUT2D eigenvalue weighted by atomic mass is 16.5. The van der Waals surface area contributed by atoms with Gasteiger partial charge in [-0.05, 0) is 25.5 Å². The van der Waals surface area contributed by atoms with Gasteiger partial charge in [0.05, 0.1) is 12.8 Å². The monoisotopic (exact) mass is 251 g/mol. The van der Waals surface area contributed by atoms with E-state index < -0.39 is 0 Å². The Hall–Kier alpha value is -1.75. The van der Waals surface area contributed by atoms with Crippen molar-refractivity contribution in [1.29, 1.82) is 5.41 Å². The third kappa shape index (κ3) is 3.37. The maximum Gasteiger partial charge on any atom is 0.124 e. The van der Waals surface area contributed by atoms with E-state index in [0.717, 1.165) is 24.5 Å². The van der Waals surface area contributed by atoms with E-state index >= 15 is 0 Å². The summed E-state index contributed by atoms with van der Waals surface area (Å²) < 4.78 is 5.20. The fraction of sp³-hybridized carbons (Fsp3) is 0.462. The highest BCUT2D eigenvalue weighted by molar-refractivity contribution is 6.00. The lowest BCUT2D eigenvalue weighted by Crippen LogP contribution is -2.27. The summed E-state index contributed by atoms with van der Waals surface area (Å²) in [4.78, 5) is 2.08. The van der Waals surface area contributed by atoms with Crippen LogP contribution in [0.2, 0.25) is 0 Å². The van der Waals surface area contributed by atoms with E-state index in [1.807, 2.05) is 13.0 Å². The van der Waals surface area contributed by atoms with Crippen LogP contribution in [-0.2, 0) is 0 Å². The van der Waals surface area contributed by atoms with E-state index in [1.54, 1.807) is 19.2 Å². The van der Waals surface area contributed by atoms with Crippen molar-refractivity contribution in [3.05, 3.63) is 23.8 Å². The number of methoxy groups -OCH3 is 1. The number of rotatable bonds is 7. The zero-order chi connectivity index (χ0) is 13.5. The van der Waals surface area contributed by atoms with Gasteiger partial charge in [-0.15, -0.1) is 0 Å². The van der Waals surface area contributed by atoms with Gasteiger partial charge in [-0.25, -0.2) is 0 Å². The van der Waals surface area contributed by atoms with Crippen molar-refractivity contribution in [2.45, 2.75) is 13.3 Å². The number of amidine groups is 1. The Kier molecular flexibility index (Phi) is 5.45. The molecule has 18 heavy (non-hydrogen) atoms. The number of hydrogen-bond donors (Lipinski definition) is 3. The molecule has 1 aromatic carbocycles. The third-order valence-electron chi connectivity index (χ3n) is 2.80. The number of nitrogens with one attached hydrogen (secondary N) is 1. The van der Waals surface area contributed by atoms with Crippen LogP contribution < -0.4 is 15.4 Å². The SMILES string of the molecule is CCN(CCCO)c1cc(OC)ccc1C(=N)N. The highest BCUT2D eigenvalue weighted by Gasteiger charge is 2.12. The summed E-state index contributed by atoms with van der Waals surface area (Å²) in [5.41, 5.74) is 7.16. The van der Waals surface area contributed by atoms with Crippen molar-refractivity contribution in [3.8, 4) is 5.75 Å². The Labute approximate surface area is 108 Å². The summed E-state index contributed by atoms with van der Waals surface area (Å²) in [6.45, 7) is 3.69. The Morgan fingerprint density at radius 2 is 2.22 bits per heavy atom. The van der Waals surface area contributed by atoms with Crippen LogP contribution in [0.5, 0.6) is 5.75 Å². The molecular weight excluding hydrogens is 230 g/mol. The van der Waals surface area contributed by atoms with Gasteiger partial charge < -0.3 is 20.5 Å². The molecule has 0 spiro atoms. The smallest absolute Gasteiger partial charge is 0.124 e. The zero-order valence-corrected chi connectivity index (χ0v) is 10.9. The molecule has 0 aliphatic carbocycles. The molecule has 0 atom stereocenters. The van der Waals surface area contributed by atoms with Gasteiger partial charge in [0.1, 0.15) is 11.6 Å². The van der Waals surface area contributed by atoms with Gasteiger partial charge >= 0.3 is 0 Å². The summed E-state index contributed by atoms with van der Waals surface area (Å²) in [6.07, 6.45) is 0.683. The standard InChI is InChI=1S/C13H21N3O2/c1-3-16(7-4-8-17)12-9-10(18-2)5-6-11(12)13(14)15/h5-6,9,17H,3-4,7-8H2,1-2H3,(H3,14,15). The predicted molar refractivity (Wildman–Crippen MR) is 73.6 cm³/mol. The van der Waals surface area contributed by atoms with Crippen LogP contribution in [-0.4, -0.2) is 37.7 Å². The molecular formula is C13H21N3O2. The summed E-state index contributed by atoms with van der Waals surface area (Å²) in [5, 5.41) is 16.5. The molecule has 100 valence electrons. The minimum Gasteiger partial charge on any atom is -0.497 e. The van der Waals surface area contributed by atoms with Crippen molar-refractivity contribution >= 4 is 11.5 Å². The van der Waals surface area contributed by atoms with Crippen LogP contribution in [0.15, 0.2) is 18.2 Å². The normalized spacial score (nSPS) is 10.2. The number of nitrogens with two attached hydrogens (primary N) is 1. The highest BCUT2D eigenvalue weighted by Crippen LogP contribution is 2.26. The van der Waals surface area contributed by atoms with E-state index in [0.29, 0.717) is 12.0 Å². The molecule has 0 aliphatic heterocycles. The van der Waals surface area contributed by atoms with Crippen molar-refractivity contribution in [1.82, 2.24) is 0 Å². The Morgan fingerprint density at radius 1 is 1.50 bits per heavy atom. The average Bonchev–Trinajstić information content (AvgIpc) is 2.39. The van der Waals surface area contributed by atoms with Crippen LogP contribution >= 0.6 is 0 Å². The van der Waals surface area contributed by atoms with Gasteiger partial charge in [0.2, 0.25) is 0 Å². The molecule has 1 rings (SSSR count). The molecule has 0 aliphatic rings. The molecule has 0 amide bonds. The first-order valence-corrected chi connectivity index (χ1v) is 6.02. The molecule has 5 nitrogen and oxygen atoms in total. The quantitative estimate of drug-likeness (QED) is 0.502. The Morgan fingerprint density at radius 3 is 2.72 bits per heavy atom. The summed E-state index contributed by atoms with van der Waals surface area (Å²) in [5.74, 6) is 0.771. The average molecular weight is 251 g/mol. The van der Waals surface area contributed by atoms with Gasteiger partial charge in [0.15, 0.2) is 0 Å². The predicted octanol–water partition coefficient (Wildman–Crippen LogP) is 1.19. The Balaban J connectivity index is 3.11. The number of nitrogen functional groups attached to an aromatic ring is 1. The summed E-state index contributed by atoms with van der Waals surface area (Å²) >= 11 is 0. The number of benzene rings is 1. The molecule has 0 fully saturated rings. The van der Waals surface area contributed by atoms with Gasteiger partial charge in [0.25, 0.3) is 0 Å². The third-order valence-corrected chi connectivity index (χ3v) is 2.80. The van der Waals surface area contributed by atoms with E-state index in [9.17, 15) is 0 Å². The van der Waals surface area contributed by atoms with Crippen molar-refractivity contribution in [2.24, 2.45) is 5.73 Å². The van der Waals surface area contributed by atoms with Crippen LogP contribution in [0.1, 0.15) is 18.9 Å². The van der Waals surface area contributed by atoms with Crippen LogP contribution in [0.4, 0.5) is 5.69 Å². The summed E-state index contributed by atoms with van der Waals surface area (Å²) in [7, 11) is 1.61. The molecule has 0 aromatic heterocycles.